The zero-order valence-electron chi connectivity index (χ0n) is 12.5. The van der Waals surface area contributed by atoms with E-state index in [0.717, 1.165) is 19.3 Å². The Morgan fingerprint density at radius 1 is 1.09 bits per heavy atom. The summed E-state index contributed by atoms with van der Waals surface area (Å²) in [5.41, 5.74) is 6.76. The molecule has 0 amide bonds. The number of aromatic hydroxyl groups is 1. The van der Waals surface area contributed by atoms with Gasteiger partial charge in [-0.3, -0.25) is 0 Å². The number of unbranched alkanes of at least 4 members (excludes halogenated alkanes) is 2. The van der Waals surface area contributed by atoms with Crippen LogP contribution in [-0.4, -0.2) is 11.7 Å². The Hall–Kier alpha value is -2.27. The van der Waals surface area contributed by atoms with Gasteiger partial charge in [0.1, 0.15) is 28.1 Å². The van der Waals surface area contributed by atoms with Crippen LogP contribution in [0.1, 0.15) is 30.6 Å². The molecule has 0 unspecified atom stereocenters. The number of fused-ring (bicyclic) bond motifs is 3. The molecule has 0 fully saturated rings. The second kappa shape index (κ2) is 5.85. The van der Waals surface area contributed by atoms with Gasteiger partial charge >= 0.3 is 5.63 Å². The van der Waals surface area contributed by atoms with E-state index in [1.165, 1.54) is 6.07 Å². The number of benzene rings is 1. The Kier molecular flexibility index (Phi) is 3.90. The first kappa shape index (κ1) is 14.7. The molecule has 5 heteroatoms. The number of hydrogen-bond donors (Lipinski definition) is 2. The van der Waals surface area contributed by atoms with E-state index in [1.54, 1.807) is 19.1 Å². The van der Waals surface area contributed by atoms with Gasteiger partial charge in [0, 0.05) is 23.9 Å². The first-order valence-electron chi connectivity index (χ1n) is 7.49. The summed E-state index contributed by atoms with van der Waals surface area (Å²) in [5, 5.41) is 10.9. The first-order chi connectivity index (χ1) is 10.6. The maximum absolute atomic E-state index is 12.3. The van der Waals surface area contributed by atoms with Crippen molar-refractivity contribution in [1.82, 2.24) is 0 Å². The van der Waals surface area contributed by atoms with Crippen molar-refractivity contribution in [3.05, 3.63) is 39.9 Å². The quantitative estimate of drug-likeness (QED) is 0.706. The van der Waals surface area contributed by atoms with E-state index < -0.39 is 5.63 Å². The van der Waals surface area contributed by atoms with Crippen LogP contribution >= 0.6 is 0 Å². The fourth-order valence-electron chi connectivity index (χ4n) is 2.66. The second-order valence-electron chi connectivity index (χ2n) is 5.58. The highest BCUT2D eigenvalue weighted by molar-refractivity contribution is 6.04. The Bertz CT molecular complexity index is 876. The minimum absolute atomic E-state index is 0.151. The Balaban J connectivity index is 2.03. The fraction of sp³-hybridized carbons (Fsp3) is 0.353. The summed E-state index contributed by atoms with van der Waals surface area (Å²) in [6, 6.07) is 5.05. The minimum Gasteiger partial charge on any atom is -0.508 e. The summed E-state index contributed by atoms with van der Waals surface area (Å²) in [7, 11) is 0. The average molecular weight is 301 g/mol. The van der Waals surface area contributed by atoms with Crippen molar-refractivity contribution in [2.24, 2.45) is 5.73 Å². The van der Waals surface area contributed by atoms with Crippen LogP contribution in [0.2, 0.25) is 0 Å². The molecule has 2 heterocycles. The molecule has 3 aromatic rings. The number of nitrogens with two attached hydrogens (primary N) is 1. The van der Waals surface area contributed by atoms with Crippen molar-refractivity contribution < 1.29 is 13.9 Å². The topological polar surface area (TPSA) is 89.6 Å². The van der Waals surface area contributed by atoms with Crippen LogP contribution in [0.15, 0.2) is 31.8 Å². The molecule has 0 spiro atoms. The summed E-state index contributed by atoms with van der Waals surface area (Å²) < 4.78 is 11.1. The van der Waals surface area contributed by atoms with Crippen LogP contribution in [0.3, 0.4) is 0 Å². The standard InChI is InChI=1S/C17H19NO4/c1-10-7-12-14(9-13(10)19)22-15-8-11(5-3-2-4-6-18)21-17(20)16(12)15/h7-9,19H,2-6,18H2,1H3. The van der Waals surface area contributed by atoms with Crippen LogP contribution in [0, 0.1) is 6.92 Å². The van der Waals surface area contributed by atoms with Gasteiger partial charge in [-0.05, 0) is 37.9 Å². The van der Waals surface area contributed by atoms with E-state index in [9.17, 15) is 9.90 Å². The summed E-state index contributed by atoms with van der Waals surface area (Å²) >= 11 is 0. The lowest BCUT2D eigenvalue weighted by Crippen LogP contribution is -2.02. The van der Waals surface area contributed by atoms with Gasteiger partial charge in [0.05, 0.1) is 0 Å². The number of rotatable bonds is 5. The van der Waals surface area contributed by atoms with Crippen molar-refractivity contribution >= 4 is 21.9 Å². The number of aryl methyl sites for hydroxylation is 2. The molecule has 0 aliphatic carbocycles. The lowest BCUT2D eigenvalue weighted by molar-refractivity contribution is 0.455. The highest BCUT2D eigenvalue weighted by Gasteiger charge is 2.15. The molecule has 0 saturated carbocycles. The molecule has 116 valence electrons. The predicted molar refractivity (Wildman–Crippen MR) is 85.3 cm³/mol. The number of phenolic OH excluding ortho intramolecular Hbond substituents is 1. The highest BCUT2D eigenvalue weighted by Crippen LogP contribution is 2.31. The van der Waals surface area contributed by atoms with Gasteiger partial charge in [0.2, 0.25) is 0 Å². The lowest BCUT2D eigenvalue weighted by Gasteiger charge is -1.99. The number of furan rings is 1. The highest BCUT2D eigenvalue weighted by atomic mass is 16.4. The molecule has 1 aromatic carbocycles. The molecule has 3 rings (SSSR count). The van der Waals surface area contributed by atoms with Gasteiger partial charge in [0.15, 0.2) is 0 Å². The van der Waals surface area contributed by atoms with Gasteiger partial charge in [-0.1, -0.05) is 6.42 Å². The molecule has 0 radical (unpaired) electrons. The summed E-state index contributed by atoms with van der Waals surface area (Å²) in [6.07, 6.45) is 3.58. The van der Waals surface area contributed by atoms with Gasteiger partial charge in [-0.25, -0.2) is 4.79 Å². The zero-order chi connectivity index (χ0) is 15.7. The monoisotopic (exact) mass is 301 g/mol. The SMILES string of the molecule is Cc1cc2c(cc1O)oc1cc(CCCCCN)oc(=O)c12. The third kappa shape index (κ3) is 2.60. The van der Waals surface area contributed by atoms with Crippen LogP contribution in [-0.2, 0) is 6.42 Å². The largest absolute Gasteiger partial charge is 0.508 e. The van der Waals surface area contributed by atoms with E-state index in [4.69, 9.17) is 14.6 Å². The normalized spacial score (nSPS) is 11.5. The molecule has 22 heavy (non-hydrogen) atoms. The Labute approximate surface area is 127 Å². The van der Waals surface area contributed by atoms with Crippen LogP contribution in [0.5, 0.6) is 5.75 Å². The number of phenols is 1. The van der Waals surface area contributed by atoms with E-state index in [0.29, 0.717) is 46.2 Å². The molecular weight excluding hydrogens is 282 g/mol. The smallest absolute Gasteiger partial charge is 0.347 e. The molecule has 0 aliphatic rings. The Morgan fingerprint density at radius 2 is 1.91 bits per heavy atom. The van der Waals surface area contributed by atoms with E-state index >= 15 is 0 Å². The Morgan fingerprint density at radius 3 is 2.68 bits per heavy atom. The molecule has 5 nitrogen and oxygen atoms in total. The summed E-state index contributed by atoms with van der Waals surface area (Å²) in [6.45, 7) is 2.45. The first-order valence-corrected chi connectivity index (χ1v) is 7.49. The van der Waals surface area contributed by atoms with Crippen LogP contribution in [0.4, 0.5) is 0 Å². The van der Waals surface area contributed by atoms with Gasteiger partial charge in [0.25, 0.3) is 0 Å². The van der Waals surface area contributed by atoms with Gasteiger partial charge in [-0.15, -0.1) is 0 Å². The molecule has 2 aromatic heterocycles. The average Bonchev–Trinajstić information content (AvgIpc) is 2.82. The minimum atomic E-state index is -0.393. The zero-order valence-corrected chi connectivity index (χ0v) is 12.5. The number of hydrogen-bond acceptors (Lipinski definition) is 5. The van der Waals surface area contributed by atoms with E-state index in [2.05, 4.69) is 0 Å². The van der Waals surface area contributed by atoms with Crippen molar-refractivity contribution in [2.75, 3.05) is 6.54 Å². The van der Waals surface area contributed by atoms with Gasteiger partial charge in [-0.2, -0.15) is 0 Å². The van der Waals surface area contributed by atoms with Crippen molar-refractivity contribution in [2.45, 2.75) is 32.6 Å². The van der Waals surface area contributed by atoms with Crippen LogP contribution < -0.4 is 11.4 Å². The molecule has 3 N–H and O–H groups in total. The lowest BCUT2D eigenvalue weighted by atomic mass is 10.1. The third-order valence-electron chi connectivity index (χ3n) is 3.88. The van der Waals surface area contributed by atoms with E-state index in [-0.39, 0.29) is 5.75 Å². The van der Waals surface area contributed by atoms with Crippen molar-refractivity contribution in [1.29, 1.82) is 0 Å². The molecule has 0 saturated heterocycles. The van der Waals surface area contributed by atoms with Crippen molar-refractivity contribution in [3.63, 3.8) is 0 Å². The fourth-order valence-corrected chi connectivity index (χ4v) is 2.66. The van der Waals surface area contributed by atoms with E-state index in [1.807, 2.05) is 0 Å². The van der Waals surface area contributed by atoms with Crippen LogP contribution in [0.25, 0.3) is 21.9 Å². The van der Waals surface area contributed by atoms with Crippen molar-refractivity contribution in [3.8, 4) is 5.75 Å². The predicted octanol–water partition coefficient (Wildman–Crippen LogP) is 3.22. The maximum atomic E-state index is 12.3. The second-order valence-corrected chi connectivity index (χ2v) is 5.58. The molecule has 0 aliphatic heterocycles. The van der Waals surface area contributed by atoms with Gasteiger partial charge < -0.3 is 19.7 Å². The summed E-state index contributed by atoms with van der Waals surface area (Å²) in [4.78, 5) is 12.3. The molecule has 0 bridgehead atoms. The summed E-state index contributed by atoms with van der Waals surface area (Å²) in [5.74, 6) is 0.771. The molecule has 0 atom stereocenters. The molecular formula is C17H19NO4. The maximum Gasteiger partial charge on any atom is 0.347 e. The third-order valence-corrected chi connectivity index (χ3v) is 3.88.